The van der Waals surface area contributed by atoms with E-state index in [1.807, 2.05) is 76.2 Å². The van der Waals surface area contributed by atoms with Crippen molar-refractivity contribution >= 4 is 39.1 Å². The molecule has 9 heteroatoms. The minimum Gasteiger partial charge on any atom is -0.352 e. The molecule has 0 bridgehead atoms. The van der Waals surface area contributed by atoms with Crippen LogP contribution in [0.2, 0.25) is 5.02 Å². The Morgan fingerprint density at radius 3 is 2.13 bits per heavy atom. The minimum absolute atomic E-state index is 0.0524. The number of sulfonamides is 1. The van der Waals surface area contributed by atoms with Gasteiger partial charge < -0.3 is 10.2 Å². The van der Waals surface area contributed by atoms with Gasteiger partial charge >= 0.3 is 0 Å². The van der Waals surface area contributed by atoms with Gasteiger partial charge in [-0.1, -0.05) is 91.3 Å². The lowest BCUT2D eigenvalue weighted by Gasteiger charge is -2.34. The molecule has 0 aliphatic carbocycles. The highest BCUT2D eigenvalue weighted by molar-refractivity contribution is 7.92. The third kappa shape index (κ3) is 8.74. The van der Waals surface area contributed by atoms with Gasteiger partial charge in [-0.05, 0) is 79.8 Å². The fourth-order valence-corrected chi connectivity index (χ4v) is 6.75. The number of carbonyl (C=O) groups is 2. The van der Waals surface area contributed by atoms with E-state index >= 15 is 0 Å². The molecule has 4 rings (SSSR count). The number of nitrogens with one attached hydrogen (secondary N) is 1. The predicted molar refractivity (Wildman–Crippen MR) is 181 cm³/mol. The molecule has 4 aromatic rings. The highest BCUT2D eigenvalue weighted by Crippen LogP contribution is 2.29. The van der Waals surface area contributed by atoms with Crippen LogP contribution >= 0.6 is 11.6 Å². The van der Waals surface area contributed by atoms with Crippen LogP contribution in [0.1, 0.15) is 42.5 Å². The Hall–Kier alpha value is -4.14. The number of halogens is 1. The Balaban J connectivity index is 1.83. The van der Waals surface area contributed by atoms with Gasteiger partial charge in [0.1, 0.15) is 12.6 Å². The summed E-state index contributed by atoms with van der Waals surface area (Å²) in [6.45, 7) is 7.12. The smallest absolute Gasteiger partial charge is 0.264 e. The zero-order valence-corrected chi connectivity index (χ0v) is 27.7. The van der Waals surface area contributed by atoms with Crippen LogP contribution in [0, 0.1) is 13.8 Å². The number of carbonyl (C=O) groups excluding carboxylic acids is 2. The molecule has 0 saturated carbocycles. The second-order valence-corrected chi connectivity index (χ2v) is 13.6. The second kappa shape index (κ2) is 15.2. The molecule has 2 amide bonds. The third-order valence-corrected chi connectivity index (χ3v) is 9.77. The molecule has 2 unspecified atom stereocenters. The van der Waals surface area contributed by atoms with Crippen molar-refractivity contribution in [3.8, 4) is 0 Å². The Labute approximate surface area is 271 Å². The Morgan fingerprint density at radius 2 is 1.49 bits per heavy atom. The first-order valence-corrected chi connectivity index (χ1v) is 16.8. The molecule has 0 aliphatic heterocycles. The molecule has 0 spiro atoms. The van der Waals surface area contributed by atoms with E-state index < -0.39 is 28.5 Å². The summed E-state index contributed by atoms with van der Waals surface area (Å²) in [5.41, 5.74) is 3.54. The standard InChI is InChI=1S/C36H40ClN3O4S/c1-5-28(4)38-36(42)34(23-29-13-8-6-9-14-29)39(24-30-15-12-16-31(37)22-30)35(41)25-40(33-21-26(2)19-20-27(33)3)45(43,44)32-17-10-7-11-18-32/h6-22,28,34H,5,23-25H2,1-4H3,(H,38,42). The number of benzene rings is 4. The van der Waals surface area contributed by atoms with Crippen LogP contribution in [0.4, 0.5) is 5.69 Å². The molecule has 4 aromatic carbocycles. The summed E-state index contributed by atoms with van der Waals surface area (Å²) in [4.78, 5) is 30.1. The van der Waals surface area contributed by atoms with E-state index in [0.717, 1.165) is 21.0 Å². The SMILES string of the molecule is CCC(C)NC(=O)C(Cc1ccccc1)N(Cc1cccc(Cl)c1)C(=O)CN(c1cc(C)ccc1C)S(=O)(=O)c1ccccc1. The van der Waals surface area contributed by atoms with Crippen LogP contribution < -0.4 is 9.62 Å². The summed E-state index contributed by atoms with van der Waals surface area (Å²) in [7, 11) is -4.17. The highest BCUT2D eigenvalue weighted by atomic mass is 35.5. The van der Waals surface area contributed by atoms with Gasteiger partial charge in [-0.2, -0.15) is 0 Å². The maximum Gasteiger partial charge on any atom is 0.264 e. The molecule has 0 aliphatic rings. The lowest BCUT2D eigenvalue weighted by atomic mass is 10.0. The molecular formula is C36H40ClN3O4S. The zero-order valence-electron chi connectivity index (χ0n) is 26.1. The van der Waals surface area contributed by atoms with Crippen molar-refractivity contribution in [2.45, 2.75) is 64.1 Å². The van der Waals surface area contributed by atoms with Crippen LogP contribution in [0.5, 0.6) is 0 Å². The first-order chi connectivity index (χ1) is 21.5. The molecule has 0 fully saturated rings. The number of hydrogen-bond acceptors (Lipinski definition) is 4. The van der Waals surface area contributed by atoms with Crippen LogP contribution in [0.25, 0.3) is 0 Å². The number of anilines is 1. The summed E-state index contributed by atoms with van der Waals surface area (Å²) in [6.07, 6.45) is 0.950. The summed E-state index contributed by atoms with van der Waals surface area (Å²) >= 11 is 6.32. The van der Waals surface area contributed by atoms with E-state index in [1.54, 1.807) is 42.5 Å². The van der Waals surface area contributed by atoms with Gasteiger partial charge in [0.05, 0.1) is 10.6 Å². The molecule has 1 N–H and O–H groups in total. The van der Waals surface area contributed by atoms with E-state index in [4.69, 9.17) is 11.6 Å². The lowest BCUT2D eigenvalue weighted by molar-refractivity contribution is -0.140. The second-order valence-electron chi connectivity index (χ2n) is 11.3. The molecular weight excluding hydrogens is 606 g/mol. The van der Waals surface area contributed by atoms with E-state index in [-0.39, 0.29) is 29.8 Å². The monoisotopic (exact) mass is 645 g/mol. The van der Waals surface area contributed by atoms with Gasteiger partial charge in [0.15, 0.2) is 0 Å². The minimum atomic E-state index is -4.17. The average Bonchev–Trinajstić information content (AvgIpc) is 3.03. The molecule has 2 atom stereocenters. The molecule has 7 nitrogen and oxygen atoms in total. The number of amides is 2. The van der Waals surface area contributed by atoms with Gasteiger partial charge in [-0.15, -0.1) is 0 Å². The van der Waals surface area contributed by atoms with Crippen molar-refractivity contribution in [3.63, 3.8) is 0 Å². The maximum absolute atomic E-state index is 14.6. The zero-order chi connectivity index (χ0) is 32.6. The number of nitrogens with zero attached hydrogens (tertiary/aromatic N) is 2. The molecule has 0 radical (unpaired) electrons. The first-order valence-electron chi connectivity index (χ1n) is 15.0. The highest BCUT2D eigenvalue weighted by Gasteiger charge is 2.35. The number of rotatable bonds is 13. The largest absolute Gasteiger partial charge is 0.352 e. The third-order valence-electron chi connectivity index (χ3n) is 7.76. The van der Waals surface area contributed by atoms with Crippen molar-refractivity contribution in [1.82, 2.24) is 10.2 Å². The Kier molecular flexibility index (Phi) is 11.4. The maximum atomic E-state index is 14.6. The fourth-order valence-electron chi connectivity index (χ4n) is 5.05. The van der Waals surface area contributed by atoms with Gasteiger partial charge in [-0.25, -0.2) is 8.42 Å². The summed E-state index contributed by atoms with van der Waals surface area (Å²) < 4.78 is 29.5. The quantitative estimate of drug-likeness (QED) is 0.175. The van der Waals surface area contributed by atoms with E-state index in [1.165, 1.54) is 17.0 Å². The van der Waals surface area contributed by atoms with Crippen LogP contribution in [0.3, 0.4) is 0 Å². The van der Waals surface area contributed by atoms with E-state index in [9.17, 15) is 18.0 Å². The Morgan fingerprint density at radius 1 is 0.844 bits per heavy atom. The van der Waals surface area contributed by atoms with Crippen LogP contribution in [0.15, 0.2) is 108 Å². The van der Waals surface area contributed by atoms with Gasteiger partial charge in [-0.3, -0.25) is 13.9 Å². The van der Waals surface area contributed by atoms with Crippen molar-refractivity contribution in [2.24, 2.45) is 0 Å². The molecule has 0 heterocycles. The van der Waals surface area contributed by atoms with Crippen LogP contribution in [-0.2, 0) is 32.6 Å². The van der Waals surface area contributed by atoms with Gasteiger partial charge in [0, 0.05) is 24.0 Å². The lowest BCUT2D eigenvalue weighted by Crippen LogP contribution is -2.54. The van der Waals surface area contributed by atoms with Gasteiger partial charge in [0.25, 0.3) is 10.0 Å². The summed E-state index contributed by atoms with van der Waals surface area (Å²) in [5.74, 6) is -0.830. The van der Waals surface area contributed by atoms with Crippen molar-refractivity contribution < 1.29 is 18.0 Å². The van der Waals surface area contributed by atoms with Crippen molar-refractivity contribution in [3.05, 3.63) is 130 Å². The normalized spacial score (nSPS) is 12.6. The van der Waals surface area contributed by atoms with E-state index in [0.29, 0.717) is 22.7 Å². The average molecular weight is 646 g/mol. The van der Waals surface area contributed by atoms with Crippen molar-refractivity contribution in [2.75, 3.05) is 10.8 Å². The number of hydrogen-bond donors (Lipinski definition) is 1. The van der Waals surface area contributed by atoms with Crippen LogP contribution in [-0.4, -0.2) is 43.8 Å². The molecule has 0 aromatic heterocycles. The van der Waals surface area contributed by atoms with Gasteiger partial charge in [0.2, 0.25) is 11.8 Å². The fraction of sp³-hybridized carbons (Fsp3) is 0.278. The topological polar surface area (TPSA) is 86.8 Å². The summed E-state index contributed by atoms with van der Waals surface area (Å²) in [5, 5.41) is 3.54. The van der Waals surface area contributed by atoms with Crippen molar-refractivity contribution in [1.29, 1.82) is 0 Å². The van der Waals surface area contributed by atoms with E-state index in [2.05, 4.69) is 5.32 Å². The predicted octanol–water partition coefficient (Wildman–Crippen LogP) is 6.71. The molecule has 0 saturated heterocycles. The molecule has 45 heavy (non-hydrogen) atoms. The first kappa shape index (κ1) is 33.7. The summed E-state index contributed by atoms with van der Waals surface area (Å²) in [6, 6.07) is 29.1. The molecule has 236 valence electrons. The Bertz CT molecular complexity index is 1720. The number of aryl methyl sites for hydroxylation is 2.